The van der Waals surface area contributed by atoms with Gasteiger partial charge < -0.3 is 15.0 Å². The average Bonchev–Trinajstić information content (AvgIpc) is 3.24. The third-order valence-electron chi connectivity index (χ3n) is 5.81. The number of pyridine rings is 1. The van der Waals surface area contributed by atoms with Crippen molar-refractivity contribution in [2.45, 2.75) is 25.9 Å². The highest BCUT2D eigenvalue weighted by Crippen LogP contribution is 2.26. The third kappa shape index (κ3) is 5.84. The molecule has 2 aromatic heterocycles. The molecule has 3 aromatic rings. The van der Waals surface area contributed by atoms with Crippen LogP contribution in [0.1, 0.15) is 25.0 Å². The average molecular weight is 438 g/mol. The third-order valence-corrected chi connectivity index (χ3v) is 5.81. The molecule has 7 nitrogen and oxygen atoms in total. The fourth-order valence-corrected chi connectivity index (χ4v) is 3.95. The lowest BCUT2D eigenvalue weighted by atomic mass is 9.93. The van der Waals surface area contributed by atoms with Crippen molar-refractivity contribution in [1.82, 2.24) is 20.1 Å². The summed E-state index contributed by atoms with van der Waals surface area (Å²) in [5.41, 5.74) is 2.66. The molecule has 0 atom stereocenters. The van der Waals surface area contributed by atoms with E-state index >= 15 is 0 Å². The Balaban J connectivity index is 1.16. The van der Waals surface area contributed by atoms with Gasteiger partial charge in [-0.1, -0.05) is 12.1 Å². The fourth-order valence-electron chi connectivity index (χ4n) is 3.95. The summed E-state index contributed by atoms with van der Waals surface area (Å²) in [6, 6.07) is 12.3. The van der Waals surface area contributed by atoms with E-state index in [1.165, 1.54) is 12.1 Å². The molecule has 1 amide bonds. The molecule has 0 spiro atoms. The number of ether oxygens (including phenoxy) is 1. The van der Waals surface area contributed by atoms with E-state index in [0.29, 0.717) is 12.5 Å². The van der Waals surface area contributed by atoms with Gasteiger partial charge in [0.15, 0.2) is 0 Å². The highest BCUT2D eigenvalue weighted by Gasteiger charge is 2.20. The summed E-state index contributed by atoms with van der Waals surface area (Å²) in [7, 11) is 1.83. The predicted molar refractivity (Wildman–Crippen MR) is 121 cm³/mol. The lowest BCUT2D eigenvalue weighted by molar-refractivity contribution is 0.137. The number of amides is 1. The van der Waals surface area contributed by atoms with Crippen molar-refractivity contribution in [2.75, 3.05) is 24.5 Å². The zero-order valence-corrected chi connectivity index (χ0v) is 18.2. The second-order valence-corrected chi connectivity index (χ2v) is 8.11. The number of benzene rings is 1. The van der Waals surface area contributed by atoms with E-state index in [2.05, 4.69) is 20.3 Å². The number of hydrogen-bond donors (Lipinski definition) is 1. The molecule has 0 aliphatic carbocycles. The van der Waals surface area contributed by atoms with Crippen LogP contribution < -0.4 is 10.2 Å². The van der Waals surface area contributed by atoms with E-state index in [1.807, 2.05) is 37.6 Å². The number of halogens is 1. The van der Waals surface area contributed by atoms with Gasteiger partial charge in [0, 0.05) is 44.6 Å². The maximum atomic E-state index is 13.1. The molecule has 1 N–H and O–H groups in total. The molecule has 1 aromatic carbocycles. The number of aromatic nitrogens is 3. The summed E-state index contributed by atoms with van der Waals surface area (Å²) in [6.07, 6.45) is 6.31. The molecule has 168 valence electrons. The van der Waals surface area contributed by atoms with Crippen LogP contribution in [-0.4, -0.2) is 40.5 Å². The van der Waals surface area contributed by atoms with Crippen molar-refractivity contribution in [3.8, 4) is 11.1 Å². The van der Waals surface area contributed by atoms with Gasteiger partial charge in [0.2, 0.25) is 0 Å². The number of nitrogens with zero attached hydrogens (tertiary/aromatic N) is 4. The summed E-state index contributed by atoms with van der Waals surface area (Å²) >= 11 is 0. The monoisotopic (exact) mass is 437 g/mol. The van der Waals surface area contributed by atoms with Crippen molar-refractivity contribution in [1.29, 1.82) is 0 Å². The van der Waals surface area contributed by atoms with Gasteiger partial charge >= 0.3 is 6.09 Å². The van der Waals surface area contributed by atoms with E-state index in [1.54, 1.807) is 16.8 Å². The Labute approximate surface area is 187 Å². The number of rotatable bonds is 7. The van der Waals surface area contributed by atoms with Crippen LogP contribution in [0, 0.1) is 11.7 Å². The van der Waals surface area contributed by atoms with E-state index in [-0.39, 0.29) is 12.4 Å². The highest BCUT2D eigenvalue weighted by atomic mass is 19.1. The van der Waals surface area contributed by atoms with Crippen LogP contribution in [0.4, 0.5) is 15.0 Å². The molecule has 0 radical (unpaired) electrons. The highest BCUT2D eigenvalue weighted by molar-refractivity contribution is 5.67. The maximum absolute atomic E-state index is 13.1. The van der Waals surface area contributed by atoms with Gasteiger partial charge in [0.25, 0.3) is 0 Å². The zero-order chi connectivity index (χ0) is 22.3. The molecule has 0 unspecified atom stereocenters. The quantitative estimate of drug-likeness (QED) is 0.601. The molecule has 32 heavy (non-hydrogen) atoms. The Bertz CT molecular complexity index is 1010. The second-order valence-electron chi connectivity index (χ2n) is 8.11. The first-order chi connectivity index (χ1) is 15.6. The molecule has 0 saturated carbocycles. The van der Waals surface area contributed by atoms with E-state index < -0.39 is 6.09 Å². The normalized spacial score (nSPS) is 14.4. The smallest absolute Gasteiger partial charge is 0.407 e. The Morgan fingerprint density at radius 1 is 1.12 bits per heavy atom. The first kappa shape index (κ1) is 21.8. The van der Waals surface area contributed by atoms with Crippen molar-refractivity contribution in [3.63, 3.8) is 0 Å². The number of aryl methyl sites for hydroxylation is 1. The molecule has 1 aliphatic heterocycles. The zero-order valence-electron chi connectivity index (χ0n) is 18.2. The van der Waals surface area contributed by atoms with Crippen molar-refractivity contribution in [2.24, 2.45) is 13.0 Å². The van der Waals surface area contributed by atoms with Crippen LogP contribution in [0.15, 0.2) is 54.9 Å². The second kappa shape index (κ2) is 10.3. The first-order valence-electron chi connectivity index (χ1n) is 10.9. The Hall–Kier alpha value is -3.42. The van der Waals surface area contributed by atoms with E-state index in [9.17, 15) is 9.18 Å². The largest absolute Gasteiger partial charge is 0.443 e. The van der Waals surface area contributed by atoms with Crippen LogP contribution in [0.2, 0.25) is 0 Å². The minimum absolute atomic E-state index is 0.179. The minimum atomic E-state index is -0.404. The maximum Gasteiger partial charge on any atom is 0.407 e. The van der Waals surface area contributed by atoms with Gasteiger partial charge in [0.05, 0.1) is 5.69 Å². The van der Waals surface area contributed by atoms with Gasteiger partial charge in [-0.25, -0.2) is 14.2 Å². The number of carbonyl (C=O) groups is 1. The number of hydrogen-bond acceptors (Lipinski definition) is 5. The van der Waals surface area contributed by atoms with Gasteiger partial charge in [-0.3, -0.25) is 4.68 Å². The van der Waals surface area contributed by atoms with Gasteiger partial charge in [0.1, 0.15) is 18.2 Å². The SMILES string of the molecule is Cn1ccc(COC(=O)NCCC2CCN(c3ccc(-c4ccc(F)cc4)cn3)CC2)n1. The number of piperidine rings is 1. The van der Waals surface area contributed by atoms with Crippen molar-refractivity contribution < 1.29 is 13.9 Å². The number of anilines is 1. The van der Waals surface area contributed by atoms with Crippen LogP contribution in [0.3, 0.4) is 0 Å². The molecule has 3 heterocycles. The molecule has 0 bridgehead atoms. The van der Waals surface area contributed by atoms with Gasteiger partial charge in [-0.05, 0) is 61.1 Å². The lowest BCUT2D eigenvalue weighted by Gasteiger charge is -2.32. The van der Waals surface area contributed by atoms with Crippen molar-refractivity contribution >= 4 is 11.9 Å². The van der Waals surface area contributed by atoms with Crippen LogP contribution in [0.5, 0.6) is 0 Å². The topological polar surface area (TPSA) is 72.3 Å². The molecular weight excluding hydrogens is 409 g/mol. The Morgan fingerprint density at radius 3 is 2.53 bits per heavy atom. The van der Waals surface area contributed by atoms with Gasteiger partial charge in [-0.15, -0.1) is 0 Å². The Kier molecular flexibility index (Phi) is 6.99. The van der Waals surface area contributed by atoms with E-state index in [4.69, 9.17) is 4.74 Å². The molecule has 1 aliphatic rings. The Morgan fingerprint density at radius 2 is 1.88 bits per heavy atom. The van der Waals surface area contributed by atoms with Crippen LogP contribution in [0.25, 0.3) is 11.1 Å². The molecule has 1 saturated heterocycles. The van der Waals surface area contributed by atoms with Gasteiger partial charge in [-0.2, -0.15) is 5.10 Å². The summed E-state index contributed by atoms with van der Waals surface area (Å²) in [5.74, 6) is 1.30. The first-order valence-corrected chi connectivity index (χ1v) is 10.9. The molecular formula is C24H28FN5O2. The van der Waals surface area contributed by atoms with E-state index in [0.717, 1.165) is 55.0 Å². The number of carbonyl (C=O) groups excluding carboxylic acids is 1. The fraction of sp³-hybridized carbons (Fsp3) is 0.375. The molecule has 1 fully saturated rings. The standard InChI is InChI=1S/C24H28FN5O2/c1-29-13-11-22(28-29)17-32-24(31)26-12-8-18-9-14-30(15-10-18)23-7-4-20(16-27-23)19-2-5-21(25)6-3-19/h2-7,11,13,16,18H,8-10,12,14-15,17H2,1H3,(H,26,31). The summed E-state index contributed by atoms with van der Waals surface area (Å²) in [4.78, 5) is 18.7. The number of nitrogens with one attached hydrogen (secondary N) is 1. The molecule has 4 rings (SSSR count). The minimum Gasteiger partial charge on any atom is -0.443 e. The lowest BCUT2D eigenvalue weighted by Crippen LogP contribution is -2.35. The number of alkyl carbamates (subject to hydrolysis) is 1. The summed E-state index contributed by atoms with van der Waals surface area (Å²) < 4.78 is 20.0. The van der Waals surface area contributed by atoms with Crippen LogP contribution in [-0.2, 0) is 18.4 Å². The summed E-state index contributed by atoms with van der Waals surface area (Å²) in [5, 5.41) is 7.01. The van der Waals surface area contributed by atoms with Crippen LogP contribution >= 0.6 is 0 Å². The summed E-state index contributed by atoms with van der Waals surface area (Å²) in [6.45, 7) is 2.67. The molecule has 8 heteroatoms. The van der Waals surface area contributed by atoms with Crippen molar-refractivity contribution in [3.05, 3.63) is 66.4 Å². The predicted octanol–water partition coefficient (Wildman–Crippen LogP) is 4.15.